The van der Waals surface area contributed by atoms with E-state index in [4.69, 9.17) is 14.6 Å². The third kappa shape index (κ3) is 4.71. The van der Waals surface area contributed by atoms with Gasteiger partial charge in [0.15, 0.2) is 11.5 Å². The Kier molecular flexibility index (Phi) is 6.80. The molecule has 0 aliphatic carbocycles. The number of ether oxygens (including phenoxy) is 2. The number of piperidine rings is 1. The van der Waals surface area contributed by atoms with Crippen LogP contribution in [0.2, 0.25) is 0 Å². The molecule has 1 saturated heterocycles. The molecule has 168 valence electrons. The van der Waals surface area contributed by atoms with Crippen LogP contribution in [0, 0.1) is 0 Å². The zero-order chi connectivity index (χ0) is 21.8. The molecule has 1 aromatic heterocycles. The van der Waals surface area contributed by atoms with E-state index >= 15 is 0 Å². The van der Waals surface area contributed by atoms with Crippen LogP contribution < -0.4 is 9.47 Å². The summed E-state index contributed by atoms with van der Waals surface area (Å²) in [6, 6.07) is 8.24. The van der Waals surface area contributed by atoms with Gasteiger partial charge in [0.1, 0.15) is 5.69 Å². The van der Waals surface area contributed by atoms with Crippen LogP contribution in [0.4, 0.5) is 0 Å². The van der Waals surface area contributed by atoms with Crippen molar-refractivity contribution >= 4 is 5.91 Å². The number of carbonyl (C=O) groups is 1. The number of rotatable bonds is 7. The van der Waals surface area contributed by atoms with E-state index in [1.54, 1.807) is 7.11 Å². The molecular weight excluding hydrogens is 392 g/mol. The molecule has 31 heavy (non-hydrogen) atoms. The van der Waals surface area contributed by atoms with Gasteiger partial charge in [-0.25, -0.2) is 0 Å². The summed E-state index contributed by atoms with van der Waals surface area (Å²) in [7, 11) is 1.68. The number of nitrogens with zero attached hydrogens (tertiary/aromatic N) is 4. The fraction of sp³-hybridized carbons (Fsp3) is 0.583. The number of fused-ring (bicyclic) bond motifs is 1. The Morgan fingerprint density at radius 3 is 2.74 bits per heavy atom. The lowest BCUT2D eigenvalue weighted by Crippen LogP contribution is -2.34. The number of benzene rings is 1. The van der Waals surface area contributed by atoms with Crippen molar-refractivity contribution in [2.75, 3.05) is 39.9 Å². The van der Waals surface area contributed by atoms with Gasteiger partial charge < -0.3 is 14.4 Å². The summed E-state index contributed by atoms with van der Waals surface area (Å²) in [5, 5.41) is 4.86. The third-order valence-corrected chi connectivity index (χ3v) is 6.34. The van der Waals surface area contributed by atoms with Gasteiger partial charge >= 0.3 is 0 Å². The number of aryl methyl sites for hydroxylation is 1. The van der Waals surface area contributed by atoms with Crippen molar-refractivity contribution < 1.29 is 14.3 Å². The summed E-state index contributed by atoms with van der Waals surface area (Å²) in [4.78, 5) is 17.2. The van der Waals surface area contributed by atoms with Crippen LogP contribution in [0.1, 0.15) is 60.8 Å². The highest BCUT2D eigenvalue weighted by Gasteiger charge is 2.28. The molecule has 1 fully saturated rings. The number of hydrogen-bond donors (Lipinski definition) is 0. The average molecular weight is 427 g/mol. The molecule has 0 N–H and O–H groups in total. The summed E-state index contributed by atoms with van der Waals surface area (Å²) in [6.07, 6.45) is 3.21. The molecule has 7 nitrogen and oxygen atoms in total. The Hall–Kier alpha value is -2.54. The van der Waals surface area contributed by atoms with E-state index in [0.717, 1.165) is 81.4 Å². The lowest BCUT2D eigenvalue weighted by atomic mass is 9.94. The quantitative estimate of drug-likeness (QED) is 0.678. The Labute approximate surface area is 184 Å². The maximum absolute atomic E-state index is 12.8. The van der Waals surface area contributed by atoms with Crippen LogP contribution in [0.25, 0.3) is 0 Å². The van der Waals surface area contributed by atoms with Gasteiger partial charge in [0.05, 0.1) is 19.4 Å². The Bertz CT molecular complexity index is 910. The maximum atomic E-state index is 12.8. The molecule has 1 aromatic carbocycles. The number of carbonyl (C=O) groups excluding carboxylic acids is 1. The minimum absolute atomic E-state index is 0.118. The van der Waals surface area contributed by atoms with E-state index in [0.29, 0.717) is 12.5 Å². The average Bonchev–Trinajstić information content (AvgIpc) is 3.16. The molecule has 3 heterocycles. The molecule has 1 atom stereocenters. The molecule has 1 amide bonds. The number of amides is 1. The van der Waals surface area contributed by atoms with Crippen LogP contribution >= 0.6 is 0 Å². The number of hydrogen-bond acceptors (Lipinski definition) is 5. The first-order valence-corrected chi connectivity index (χ1v) is 11.5. The highest BCUT2D eigenvalue weighted by atomic mass is 16.5. The first kappa shape index (κ1) is 21.7. The molecule has 2 aromatic rings. The Morgan fingerprint density at radius 2 is 1.97 bits per heavy atom. The standard InChI is InChI=1S/C24H34N4O3/c1-4-27-12-7-13-28-21(24(27)29)15-20(25-28)19-8-6-11-26(17-19)16-18-9-10-22(31-5-2)23(14-18)30-3/h9-10,14-15,19H,4-8,11-13,16-17H2,1-3H3. The van der Waals surface area contributed by atoms with Gasteiger partial charge in [-0.1, -0.05) is 6.07 Å². The predicted molar refractivity (Wildman–Crippen MR) is 120 cm³/mol. The fourth-order valence-electron chi connectivity index (χ4n) is 4.74. The highest BCUT2D eigenvalue weighted by Crippen LogP contribution is 2.31. The molecule has 2 aliphatic rings. The van der Waals surface area contributed by atoms with Gasteiger partial charge in [-0.15, -0.1) is 0 Å². The van der Waals surface area contributed by atoms with Crippen molar-refractivity contribution in [2.24, 2.45) is 0 Å². The Balaban J connectivity index is 1.46. The fourth-order valence-corrected chi connectivity index (χ4v) is 4.74. The molecule has 0 spiro atoms. The topological polar surface area (TPSA) is 59.8 Å². The third-order valence-electron chi connectivity index (χ3n) is 6.34. The minimum atomic E-state index is 0.118. The van der Waals surface area contributed by atoms with Crippen LogP contribution in [0.15, 0.2) is 24.3 Å². The summed E-state index contributed by atoms with van der Waals surface area (Å²) < 4.78 is 13.1. The molecule has 0 saturated carbocycles. The van der Waals surface area contributed by atoms with Crippen molar-refractivity contribution in [3.63, 3.8) is 0 Å². The van der Waals surface area contributed by atoms with Crippen LogP contribution in [-0.4, -0.2) is 65.4 Å². The molecule has 0 bridgehead atoms. The molecule has 1 unspecified atom stereocenters. The zero-order valence-electron chi connectivity index (χ0n) is 19.0. The van der Waals surface area contributed by atoms with Gasteiger partial charge in [0.25, 0.3) is 5.91 Å². The van der Waals surface area contributed by atoms with Gasteiger partial charge in [0.2, 0.25) is 0 Å². The van der Waals surface area contributed by atoms with Gasteiger partial charge in [-0.05, 0) is 63.4 Å². The lowest BCUT2D eigenvalue weighted by Gasteiger charge is -2.32. The first-order chi connectivity index (χ1) is 15.1. The Morgan fingerprint density at radius 1 is 1.10 bits per heavy atom. The second kappa shape index (κ2) is 9.73. The van der Waals surface area contributed by atoms with Crippen molar-refractivity contribution in [1.29, 1.82) is 0 Å². The first-order valence-electron chi connectivity index (χ1n) is 11.5. The van der Waals surface area contributed by atoms with Crippen molar-refractivity contribution in [3.8, 4) is 11.5 Å². The second-order valence-electron chi connectivity index (χ2n) is 8.41. The number of aromatic nitrogens is 2. The summed E-state index contributed by atoms with van der Waals surface area (Å²) >= 11 is 0. The SMILES string of the molecule is CCOc1ccc(CN2CCCC(c3cc4n(n3)CCCN(CC)C4=O)C2)cc1OC. The lowest BCUT2D eigenvalue weighted by molar-refractivity contribution is 0.0766. The van der Waals surface area contributed by atoms with Crippen LogP contribution in [0.3, 0.4) is 0 Å². The van der Waals surface area contributed by atoms with Crippen molar-refractivity contribution in [2.45, 2.75) is 52.1 Å². The van der Waals surface area contributed by atoms with E-state index in [2.05, 4.69) is 17.0 Å². The summed E-state index contributed by atoms with van der Waals surface area (Å²) in [5.41, 5.74) is 3.04. The molecule has 4 rings (SSSR count). The maximum Gasteiger partial charge on any atom is 0.272 e. The normalized spacial score (nSPS) is 19.8. The van der Waals surface area contributed by atoms with Crippen molar-refractivity contribution in [3.05, 3.63) is 41.2 Å². The smallest absolute Gasteiger partial charge is 0.272 e. The molecule has 2 aliphatic heterocycles. The van der Waals surface area contributed by atoms with Gasteiger partial charge in [-0.3, -0.25) is 14.4 Å². The van der Waals surface area contributed by atoms with E-state index < -0.39 is 0 Å². The van der Waals surface area contributed by atoms with E-state index in [1.165, 1.54) is 5.56 Å². The molecular formula is C24H34N4O3. The number of likely N-dealkylation sites (tertiary alicyclic amines) is 1. The molecule has 7 heteroatoms. The largest absolute Gasteiger partial charge is 0.493 e. The number of methoxy groups -OCH3 is 1. The van der Waals surface area contributed by atoms with Gasteiger partial charge in [0, 0.05) is 38.6 Å². The van der Waals surface area contributed by atoms with E-state index in [-0.39, 0.29) is 5.91 Å². The summed E-state index contributed by atoms with van der Waals surface area (Å²) in [6.45, 7) is 9.93. The zero-order valence-corrected chi connectivity index (χ0v) is 19.0. The molecule has 0 radical (unpaired) electrons. The van der Waals surface area contributed by atoms with Crippen LogP contribution in [-0.2, 0) is 13.1 Å². The predicted octanol–water partition coefficient (Wildman–Crippen LogP) is 3.54. The highest BCUT2D eigenvalue weighted by molar-refractivity contribution is 5.93. The summed E-state index contributed by atoms with van der Waals surface area (Å²) in [5.74, 6) is 2.05. The van der Waals surface area contributed by atoms with Crippen molar-refractivity contribution in [1.82, 2.24) is 19.6 Å². The van der Waals surface area contributed by atoms with Gasteiger partial charge in [-0.2, -0.15) is 5.10 Å². The van der Waals surface area contributed by atoms with Crippen LogP contribution in [0.5, 0.6) is 11.5 Å². The monoisotopic (exact) mass is 426 g/mol. The minimum Gasteiger partial charge on any atom is -0.493 e. The second-order valence-corrected chi connectivity index (χ2v) is 8.41. The van der Waals surface area contributed by atoms with E-state index in [9.17, 15) is 4.79 Å². The van der Waals surface area contributed by atoms with E-state index in [1.807, 2.05) is 35.6 Å².